The minimum Gasteiger partial charge on any atom is -0.472 e. The van der Waals surface area contributed by atoms with Gasteiger partial charge in [0, 0.05) is 29.7 Å². The van der Waals surface area contributed by atoms with Crippen molar-refractivity contribution in [3.05, 3.63) is 76.7 Å². The lowest BCUT2D eigenvalue weighted by molar-refractivity contribution is 0.0973. The Hall–Kier alpha value is -3.74. The van der Waals surface area contributed by atoms with E-state index in [1.807, 2.05) is 26.0 Å². The minimum absolute atomic E-state index is 0.0133. The molecule has 4 aromatic rings. The lowest BCUT2D eigenvalue weighted by atomic mass is 10.0. The van der Waals surface area contributed by atoms with Crippen LogP contribution in [0.3, 0.4) is 0 Å². The Labute approximate surface area is 172 Å². The van der Waals surface area contributed by atoms with Crippen LogP contribution in [0.4, 0.5) is 0 Å². The van der Waals surface area contributed by atoms with Crippen molar-refractivity contribution in [1.82, 2.24) is 20.1 Å². The second-order valence-electron chi connectivity index (χ2n) is 7.52. The number of hydrogen-bond donors (Lipinski definition) is 1. The van der Waals surface area contributed by atoms with Gasteiger partial charge in [-0.3, -0.25) is 4.79 Å². The first-order chi connectivity index (χ1) is 14.6. The summed E-state index contributed by atoms with van der Waals surface area (Å²) in [5.41, 5.74) is 6.95. The molecular formula is C23H20N4O3. The number of allylic oxidation sites excluding steroid dienone is 1. The molecule has 0 bridgehead atoms. The van der Waals surface area contributed by atoms with E-state index in [9.17, 15) is 4.79 Å². The van der Waals surface area contributed by atoms with E-state index in [0.29, 0.717) is 30.4 Å². The molecule has 0 unspecified atom stereocenters. The quantitative estimate of drug-likeness (QED) is 0.476. The van der Waals surface area contributed by atoms with E-state index >= 15 is 0 Å². The normalized spacial score (nSPS) is 12.8. The Morgan fingerprint density at radius 1 is 1.20 bits per heavy atom. The van der Waals surface area contributed by atoms with Crippen molar-refractivity contribution in [1.29, 1.82) is 0 Å². The molecule has 0 radical (unpaired) electrons. The second-order valence-corrected chi connectivity index (χ2v) is 7.52. The number of aromatic amines is 1. The van der Waals surface area contributed by atoms with Crippen molar-refractivity contribution in [2.75, 3.05) is 0 Å². The van der Waals surface area contributed by atoms with E-state index in [-0.39, 0.29) is 5.78 Å². The summed E-state index contributed by atoms with van der Waals surface area (Å²) in [5.74, 6) is 1.57. The van der Waals surface area contributed by atoms with E-state index < -0.39 is 0 Å². The summed E-state index contributed by atoms with van der Waals surface area (Å²) >= 11 is 0. The molecule has 3 aromatic heterocycles. The molecule has 0 amide bonds. The fourth-order valence-electron chi connectivity index (χ4n) is 3.73. The molecule has 150 valence electrons. The standard InChI is InChI=1S/C23H20N4O3/c1-13-21(26-22(24-13)20(28)6-3-15-7-8-29-12-15)17-5-4-16-9-19(11-18(16)10-17)23-25-14(2)27-30-23/h4-5,7-8,10-12H,3,6,9H2,1-2H3,(H,24,26). The summed E-state index contributed by atoms with van der Waals surface area (Å²) in [6.45, 7) is 3.74. The number of carbonyl (C=O) groups is 1. The number of benzene rings is 1. The average molecular weight is 400 g/mol. The van der Waals surface area contributed by atoms with Gasteiger partial charge >= 0.3 is 0 Å². The van der Waals surface area contributed by atoms with Gasteiger partial charge in [0.25, 0.3) is 5.89 Å². The van der Waals surface area contributed by atoms with Crippen LogP contribution >= 0.6 is 0 Å². The Morgan fingerprint density at radius 3 is 2.87 bits per heavy atom. The van der Waals surface area contributed by atoms with Gasteiger partial charge in [-0.25, -0.2) is 4.98 Å². The Bertz CT molecular complexity index is 1260. The van der Waals surface area contributed by atoms with Crippen molar-refractivity contribution >= 4 is 17.4 Å². The molecule has 0 saturated heterocycles. The van der Waals surface area contributed by atoms with Crippen molar-refractivity contribution in [3.63, 3.8) is 0 Å². The number of aromatic nitrogens is 4. The summed E-state index contributed by atoms with van der Waals surface area (Å²) in [5, 5.41) is 3.87. The number of imidazole rings is 1. The summed E-state index contributed by atoms with van der Waals surface area (Å²) in [7, 11) is 0. The maximum atomic E-state index is 12.6. The van der Waals surface area contributed by atoms with Crippen molar-refractivity contribution < 1.29 is 13.7 Å². The number of nitrogens with zero attached hydrogens (tertiary/aromatic N) is 3. The van der Waals surface area contributed by atoms with Crippen LogP contribution in [-0.4, -0.2) is 25.9 Å². The topological polar surface area (TPSA) is 97.8 Å². The molecule has 1 aromatic carbocycles. The molecule has 0 saturated carbocycles. The summed E-state index contributed by atoms with van der Waals surface area (Å²) in [6, 6.07) is 8.09. The van der Waals surface area contributed by atoms with Crippen LogP contribution in [0.5, 0.6) is 0 Å². The zero-order valence-corrected chi connectivity index (χ0v) is 16.7. The predicted octanol–water partition coefficient (Wildman–Crippen LogP) is 4.58. The third kappa shape index (κ3) is 3.39. The number of ketones is 1. The Morgan fingerprint density at radius 2 is 2.10 bits per heavy atom. The zero-order valence-electron chi connectivity index (χ0n) is 16.7. The highest BCUT2D eigenvalue weighted by molar-refractivity contribution is 5.94. The number of Topliss-reactive ketones (excluding diaryl/α,β-unsaturated/α-hetero) is 1. The van der Waals surface area contributed by atoms with Gasteiger partial charge in [0.15, 0.2) is 17.4 Å². The van der Waals surface area contributed by atoms with E-state index in [4.69, 9.17) is 8.94 Å². The summed E-state index contributed by atoms with van der Waals surface area (Å²) in [4.78, 5) is 24.6. The van der Waals surface area contributed by atoms with Crippen LogP contribution in [0.15, 0.2) is 45.7 Å². The molecule has 0 aliphatic heterocycles. The number of rotatable bonds is 6. The van der Waals surface area contributed by atoms with Crippen LogP contribution in [-0.2, 0) is 12.8 Å². The van der Waals surface area contributed by atoms with E-state index in [1.54, 1.807) is 12.5 Å². The highest BCUT2D eigenvalue weighted by atomic mass is 16.5. The molecule has 1 N–H and O–H groups in total. The third-order valence-corrected chi connectivity index (χ3v) is 5.30. The molecular weight excluding hydrogens is 380 g/mol. The first-order valence-electron chi connectivity index (χ1n) is 9.82. The van der Waals surface area contributed by atoms with E-state index in [2.05, 4.69) is 38.3 Å². The van der Waals surface area contributed by atoms with Crippen LogP contribution in [0.2, 0.25) is 0 Å². The molecule has 7 nitrogen and oxygen atoms in total. The molecule has 30 heavy (non-hydrogen) atoms. The van der Waals surface area contributed by atoms with Gasteiger partial charge in [-0.1, -0.05) is 17.3 Å². The van der Waals surface area contributed by atoms with Crippen LogP contribution in [0, 0.1) is 13.8 Å². The average Bonchev–Trinajstić information content (AvgIpc) is 3.51. The fourth-order valence-corrected chi connectivity index (χ4v) is 3.73. The number of furan rings is 1. The Kier molecular flexibility index (Phi) is 4.43. The van der Waals surface area contributed by atoms with Crippen LogP contribution in [0.25, 0.3) is 22.9 Å². The number of H-pyrrole nitrogens is 1. The predicted molar refractivity (Wildman–Crippen MR) is 111 cm³/mol. The van der Waals surface area contributed by atoms with Gasteiger partial charge in [-0.2, -0.15) is 4.98 Å². The fraction of sp³-hybridized carbons (Fsp3) is 0.217. The zero-order chi connectivity index (χ0) is 20.7. The maximum absolute atomic E-state index is 12.6. The van der Waals surface area contributed by atoms with Crippen LogP contribution < -0.4 is 0 Å². The molecule has 0 spiro atoms. The lowest BCUT2D eigenvalue weighted by Gasteiger charge is -2.03. The largest absolute Gasteiger partial charge is 0.472 e. The molecule has 1 aliphatic rings. The van der Waals surface area contributed by atoms with Gasteiger partial charge in [0.1, 0.15) is 0 Å². The molecule has 3 heterocycles. The van der Waals surface area contributed by atoms with Gasteiger partial charge in [0.05, 0.1) is 18.2 Å². The van der Waals surface area contributed by atoms with Gasteiger partial charge in [-0.15, -0.1) is 0 Å². The highest BCUT2D eigenvalue weighted by Gasteiger charge is 2.21. The monoisotopic (exact) mass is 400 g/mol. The summed E-state index contributed by atoms with van der Waals surface area (Å²) in [6.07, 6.45) is 7.12. The van der Waals surface area contributed by atoms with Gasteiger partial charge in [-0.05, 0) is 55.2 Å². The Balaban J connectivity index is 1.38. The van der Waals surface area contributed by atoms with Crippen molar-refractivity contribution in [2.24, 2.45) is 0 Å². The maximum Gasteiger partial charge on any atom is 0.254 e. The molecule has 1 aliphatic carbocycles. The summed E-state index contributed by atoms with van der Waals surface area (Å²) < 4.78 is 10.4. The van der Waals surface area contributed by atoms with E-state index in [1.165, 1.54) is 5.56 Å². The number of carbonyl (C=O) groups excluding carboxylic acids is 1. The SMILES string of the molecule is Cc1noc(C2=Cc3cc(-c4nc(C(=O)CCc5ccoc5)[nH]c4C)ccc3C2)n1. The highest BCUT2D eigenvalue weighted by Crippen LogP contribution is 2.34. The number of hydrogen-bond acceptors (Lipinski definition) is 6. The third-order valence-electron chi connectivity index (χ3n) is 5.30. The van der Waals surface area contributed by atoms with Gasteiger partial charge < -0.3 is 13.9 Å². The number of fused-ring (bicyclic) bond motifs is 1. The van der Waals surface area contributed by atoms with E-state index in [0.717, 1.165) is 40.1 Å². The first-order valence-corrected chi connectivity index (χ1v) is 9.82. The molecule has 0 atom stereocenters. The van der Waals surface area contributed by atoms with Crippen molar-refractivity contribution in [3.8, 4) is 11.3 Å². The minimum atomic E-state index is -0.0133. The van der Waals surface area contributed by atoms with Gasteiger partial charge in [0.2, 0.25) is 0 Å². The number of nitrogens with one attached hydrogen (secondary N) is 1. The lowest BCUT2D eigenvalue weighted by Crippen LogP contribution is -2.03. The smallest absolute Gasteiger partial charge is 0.254 e. The molecule has 0 fully saturated rings. The second kappa shape index (κ2) is 7.26. The molecule has 7 heteroatoms. The number of aryl methyl sites for hydroxylation is 3. The van der Waals surface area contributed by atoms with Crippen LogP contribution in [0.1, 0.15) is 51.1 Å². The van der Waals surface area contributed by atoms with Crippen molar-refractivity contribution in [2.45, 2.75) is 33.1 Å². The molecule has 5 rings (SSSR count). The first kappa shape index (κ1) is 18.3.